The number of aromatic carboxylic acids is 1. The topological polar surface area (TPSA) is 148 Å². The Morgan fingerprint density at radius 1 is 0.909 bits per heavy atom. The van der Waals surface area contributed by atoms with E-state index in [1.54, 1.807) is 0 Å². The molecule has 0 amide bonds. The third-order valence-electron chi connectivity index (χ3n) is 3.25. The molecule has 0 saturated heterocycles. The van der Waals surface area contributed by atoms with Crippen LogP contribution in [0.5, 0.6) is 23.0 Å². The van der Waals surface area contributed by atoms with Crippen molar-refractivity contribution >= 4 is 27.7 Å². The smallest absolute Gasteiger partial charge is 0.344 e. The van der Waals surface area contributed by atoms with Crippen molar-refractivity contribution in [2.75, 3.05) is 0 Å². The van der Waals surface area contributed by atoms with Crippen molar-refractivity contribution in [3.8, 4) is 23.0 Å². The highest BCUT2D eigenvalue weighted by atomic mass is 16.4. The van der Waals surface area contributed by atoms with Crippen LogP contribution in [0, 0.1) is 0 Å². The van der Waals surface area contributed by atoms with E-state index in [9.17, 15) is 30.0 Å². The minimum atomic E-state index is -1.35. The van der Waals surface area contributed by atoms with E-state index in [1.165, 1.54) is 0 Å². The van der Waals surface area contributed by atoms with Crippen LogP contribution in [0.4, 0.5) is 0 Å². The number of carbonyl (C=O) groups is 1. The second-order valence-electron chi connectivity index (χ2n) is 4.58. The quantitative estimate of drug-likeness (QED) is 0.258. The van der Waals surface area contributed by atoms with Crippen LogP contribution in [-0.4, -0.2) is 31.5 Å². The van der Waals surface area contributed by atoms with Crippen molar-refractivity contribution in [2.45, 2.75) is 0 Å². The number of hydrogen-bond acceptors (Lipinski definition) is 7. The molecule has 22 heavy (non-hydrogen) atoms. The summed E-state index contributed by atoms with van der Waals surface area (Å²) in [7, 11) is 0. The first-order chi connectivity index (χ1) is 10.3. The number of fused-ring (bicyclic) bond motifs is 3. The van der Waals surface area contributed by atoms with Crippen LogP contribution in [0.2, 0.25) is 0 Å². The highest BCUT2D eigenvalue weighted by Gasteiger charge is 2.21. The molecule has 0 radical (unpaired) electrons. The van der Waals surface area contributed by atoms with Gasteiger partial charge in [-0.2, -0.15) is 0 Å². The number of hydrogen-bond donors (Lipinski definition) is 5. The Kier molecular flexibility index (Phi) is 2.64. The standard InChI is InChI=1S/C14H8O8/c15-6-1-4(13(19)20)2-8-10(6)9-5(14(21)22-8)3-7(16)11(17)12(9)18/h1-3,15-18H,(H,19,20). The lowest BCUT2D eigenvalue weighted by Gasteiger charge is -2.09. The summed E-state index contributed by atoms with van der Waals surface area (Å²) < 4.78 is 4.91. The molecule has 2 aromatic carbocycles. The van der Waals surface area contributed by atoms with E-state index in [0.29, 0.717) is 0 Å². The fourth-order valence-corrected chi connectivity index (χ4v) is 2.27. The van der Waals surface area contributed by atoms with Crippen LogP contribution in [0.1, 0.15) is 10.4 Å². The van der Waals surface area contributed by atoms with Crippen LogP contribution >= 0.6 is 0 Å². The molecule has 0 aliphatic rings. The maximum atomic E-state index is 11.9. The maximum Gasteiger partial charge on any atom is 0.344 e. The van der Waals surface area contributed by atoms with Crippen LogP contribution < -0.4 is 5.63 Å². The molecule has 1 heterocycles. The van der Waals surface area contributed by atoms with Gasteiger partial charge in [0.15, 0.2) is 11.5 Å². The highest BCUT2D eigenvalue weighted by Crippen LogP contribution is 2.44. The van der Waals surface area contributed by atoms with E-state index in [4.69, 9.17) is 9.52 Å². The van der Waals surface area contributed by atoms with Crippen molar-refractivity contribution in [3.63, 3.8) is 0 Å². The summed E-state index contributed by atoms with van der Waals surface area (Å²) in [6.07, 6.45) is 0. The third kappa shape index (κ3) is 1.71. The molecule has 3 rings (SSSR count). The van der Waals surface area contributed by atoms with E-state index in [2.05, 4.69) is 0 Å². The molecule has 8 heteroatoms. The SMILES string of the molecule is O=C(O)c1cc(O)c2c(c1)oc(=O)c1cc(O)c(O)c(O)c12. The first kappa shape index (κ1) is 13.6. The van der Waals surface area contributed by atoms with E-state index < -0.39 is 34.6 Å². The van der Waals surface area contributed by atoms with Crippen molar-refractivity contribution < 1.29 is 34.7 Å². The number of benzene rings is 2. The molecule has 3 aromatic rings. The Labute approximate surface area is 120 Å². The lowest BCUT2D eigenvalue weighted by atomic mass is 10.0. The molecular weight excluding hydrogens is 296 g/mol. The largest absolute Gasteiger partial charge is 0.507 e. The summed E-state index contributed by atoms with van der Waals surface area (Å²) in [5.41, 5.74) is -1.58. The van der Waals surface area contributed by atoms with Crippen molar-refractivity contribution in [3.05, 3.63) is 34.2 Å². The number of phenols is 4. The van der Waals surface area contributed by atoms with Crippen molar-refractivity contribution in [2.24, 2.45) is 0 Å². The van der Waals surface area contributed by atoms with Gasteiger partial charge in [0.25, 0.3) is 0 Å². The van der Waals surface area contributed by atoms with Crippen molar-refractivity contribution in [1.29, 1.82) is 0 Å². The zero-order valence-electron chi connectivity index (χ0n) is 10.7. The monoisotopic (exact) mass is 304 g/mol. The summed E-state index contributed by atoms with van der Waals surface area (Å²) in [6.45, 7) is 0. The molecule has 112 valence electrons. The van der Waals surface area contributed by atoms with Gasteiger partial charge in [0.2, 0.25) is 5.75 Å². The number of phenolic OH excluding ortho intramolecular Hbond substituents is 4. The van der Waals surface area contributed by atoms with Gasteiger partial charge in [-0.3, -0.25) is 0 Å². The first-order valence-corrected chi connectivity index (χ1v) is 5.92. The number of aromatic hydroxyl groups is 4. The zero-order valence-corrected chi connectivity index (χ0v) is 10.7. The fourth-order valence-electron chi connectivity index (χ4n) is 2.27. The van der Waals surface area contributed by atoms with E-state index in [0.717, 1.165) is 18.2 Å². The molecule has 0 spiro atoms. The molecule has 0 atom stereocenters. The second-order valence-corrected chi connectivity index (χ2v) is 4.58. The summed E-state index contributed by atoms with van der Waals surface area (Å²) in [5.74, 6) is -4.35. The molecule has 0 aliphatic carbocycles. The summed E-state index contributed by atoms with van der Waals surface area (Å²) in [5, 5.41) is 47.2. The number of rotatable bonds is 1. The first-order valence-electron chi connectivity index (χ1n) is 5.92. The number of carboxylic acid groups (broad SMARTS) is 1. The van der Waals surface area contributed by atoms with E-state index >= 15 is 0 Å². The van der Waals surface area contributed by atoms with E-state index in [1.807, 2.05) is 0 Å². The van der Waals surface area contributed by atoms with Gasteiger partial charge >= 0.3 is 11.6 Å². The number of carboxylic acids is 1. The normalized spacial score (nSPS) is 11.1. The van der Waals surface area contributed by atoms with Crippen LogP contribution in [0.15, 0.2) is 27.4 Å². The van der Waals surface area contributed by atoms with Gasteiger partial charge in [-0.05, 0) is 18.2 Å². The van der Waals surface area contributed by atoms with Gasteiger partial charge in [0, 0.05) is 5.39 Å². The molecule has 0 bridgehead atoms. The summed E-state index contributed by atoms with van der Waals surface area (Å²) >= 11 is 0. The molecule has 0 unspecified atom stereocenters. The van der Waals surface area contributed by atoms with Gasteiger partial charge < -0.3 is 29.9 Å². The minimum absolute atomic E-state index is 0.160. The molecule has 0 aliphatic heterocycles. The molecule has 0 fully saturated rings. The third-order valence-corrected chi connectivity index (χ3v) is 3.25. The Balaban J connectivity index is 2.64. The lowest BCUT2D eigenvalue weighted by molar-refractivity contribution is 0.0696. The van der Waals surface area contributed by atoms with Gasteiger partial charge in [-0.15, -0.1) is 0 Å². The predicted molar refractivity (Wildman–Crippen MR) is 73.6 cm³/mol. The molecular formula is C14H8O8. The molecule has 8 nitrogen and oxygen atoms in total. The van der Waals surface area contributed by atoms with Crippen LogP contribution in [0.3, 0.4) is 0 Å². The van der Waals surface area contributed by atoms with E-state index in [-0.39, 0.29) is 27.3 Å². The Bertz CT molecular complexity index is 1020. The van der Waals surface area contributed by atoms with Crippen LogP contribution in [0.25, 0.3) is 21.7 Å². The average Bonchev–Trinajstić information content (AvgIpc) is 2.45. The Morgan fingerprint density at radius 2 is 1.59 bits per heavy atom. The van der Waals surface area contributed by atoms with Crippen molar-refractivity contribution in [1.82, 2.24) is 0 Å². The van der Waals surface area contributed by atoms with Crippen LogP contribution in [-0.2, 0) is 0 Å². The zero-order chi connectivity index (χ0) is 16.2. The van der Waals surface area contributed by atoms with Gasteiger partial charge in [0.05, 0.1) is 16.3 Å². The maximum absolute atomic E-state index is 11.9. The average molecular weight is 304 g/mol. The van der Waals surface area contributed by atoms with Gasteiger partial charge in [-0.1, -0.05) is 0 Å². The molecule has 1 aromatic heterocycles. The highest BCUT2D eigenvalue weighted by molar-refractivity contribution is 6.13. The Morgan fingerprint density at radius 3 is 2.23 bits per heavy atom. The van der Waals surface area contributed by atoms with Gasteiger partial charge in [0.1, 0.15) is 11.3 Å². The van der Waals surface area contributed by atoms with Gasteiger partial charge in [-0.25, -0.2) is 9.59 Å². The summed E-state index contributed by atoms with van der Waals surface area (Å²) in [4.78, 5) is 22.9. The minimum Gasteiger partial charge on any atom is -0.507 e. The lowest BCUT2D eigenvalue weighted by Crippen LogP contribution is -2.02. The molecule has 5 N–H and O–H groups in total. The molecule has 0 saturated carbocycles. The Hall–Kier alpha value is -3.42. The summed E-state index contributed by atoms with van der Waals surface area (Å²) in [6, 6.07) is 2.79. The fraction of sp³-hybridized carbons (Fsp3) is 0. The second kappa shape index (κ2) is 4.29. The predicted octanol–water partition coefficient (Wildman–Crippen LogP) is 1.47.